The molecule has 0 fully saturated rings. The smallest absolute Gasteiger partial charge is 0.253 e. The summed E-state index contributed by atoms with van der Waals surface area (Å²) in [6.07, 6.45) is 0.834. The van der Waals surface area contributed by atoms with E-state index >= 15 is 0 Å². The molecule has 21 heavy (non-hydrogen) atoms. The fourth-order valence-corrected chi connectivity index (χ4v) is 2.00. The molecular formula is C16H24N2O3. The van der Waals surface area contributed by atoms with Crippen LogP contribution in [-0.2, 0) is 0 Å². The predicted molar refractivity (Wildman–Crippen MR) is 82.3 cm³/mol. The van der Waals surface area contributed by atoms with Crippen LogP contribution in [0, 0.1) is 0 Å². The number of rotatable bonds is 7. The number of aliphatic hydroxyl groups excluding tert-OH is 1. The van der Waals surface area contributed by atoms with Crippen molar-refractivity contribution in [1.82, 2.24) is 10.2 Å². The van der Waals surface area contributed by atoms with Gasteiger partial charge in [0.05, 0.1) is 6.61 Å². The molecule has 2 N–H and O–H groups in total. The van der Waals surface area contributed by atoms with Crippen LogP contribution in [0.3, 0.4) is 0 Å². The van der Waals surface area contributed by atoms with Crippen molar-refractivity contribution in [2.45, 2.75) is 33.2 Å². The van der Waals surface area contributed by atoms with Crippen molar-refractivity contribution in [3.05, 3.63) is 35.4 Å². The molecule has 0 aliphatic heterocycles. The summed E-state index contributed by atoms with van der Waals surface area (Å²) in [5.74, 6) is -0.272. The molecule has 0 heterocycles. The molecule has 0 bridgehead atoms. The first-order valence-corrected chi connectivity index (χ1v) is 7.30. The number of amides is 2. The number of hydrogen-bond acceptors (Lipinski definition) is 3. The summed E-state index contributed by atoms with van der Waals surface area (Å²) < 4.78 is 0. The van der Waals surface area contributed by atoms with Gasteiger partial charge in [0.25, 0.3) is 11.8 Å². The van der Waals surface area contributed by atoms with E-state index < -0.39 is 0 Å². The number of hydrogen-bond donors (Lipinski definition) is 2. The molecule has 0 aliphatic carbocycles. The molecule has 1 aromatic carbocycles. The second-order valence-electron chi connectivity index (χ2n) is 5.22. The molecule has 0 atom stereocenters. The van der Waals surface area contributed by atoms with Crippen molar-refractivity contribution in [2.75, 3.05) is 19.7 Å². The Bertz CT molecular complexity index is 463. The minimum atomic E-state index is -0.148. The summed E-state index contributed by atoms with van der Waals surface area (Å²) in [6.45, 7) is 6.65. The third kappa shape index (κ3) is 5.19. The molecule has 0 aliphatic rings. The standard InChI is InChI=1S/C16H24N2O3/c1-4-9-18(10-11-19)16(21)14-7-5-13(6-8-14)15(20)17-12(2)3/h5-8,12,19H,4,9-11H2,1-3H3,(H,17,20). The zero-order chi connectivity index (χ0) is 15.8. The highest BCUT2D eigenvalue weighted by Crippen LogP contribution is 2.09. The lowest BCUT2D eigenvalue weighted by Crippen LogP contribution is -2.34. The molecule has 5 nitrogen and oxygen atoms in total. The van der Waals surface area contributed by atoms with Gasteiger partial charge < -0.3 is 15.3 Å². The average molecular weight is 292 g/mol. The van der Waals surface area contributed by atoms with Gasteiger partial charge in [-0.05, 0) is 44.5 Å². The molecule has 0 unspecified atom stereocenters. The van der Waals surface area contributed by atoms with E-state index in [1.54, 1.807) is 29.2 Å². The SMILES string of the molecule is CCCN(CCO)C(=O)c1ccc(C(=O)NC(C)C)cc1. The van der Waals surface area contributed by atoms with Crippen LogP contribution >= 0.6 is 0 Å². The zero-order valence-corrected chi connectivity index (χ0v) is 12.9. The van der Waals surface area contributed by atoms with Crippen LogP contribution in [0.15, 0.2) is 24.3 Å². The van der Waals surface area contributed by atoms with Crippen molar-refractivity contribution < 1.29 is 14.7 Å². The maximum atomic E-state index is 12.3. The molecular weight excluding hydrogens is 268 g/mol. The quantitative estimate of drug-likeness (QED) is 0.803. The topological polar surface area (TPSA) is 69.6 Å². The summed E-state index contributed by atoms with van der Waals surface area (Å²) in [6, 6.07) is 6.67. The van der Waals surface area contributed by atoms with Gasteiger partial charge in [-0.25, -0.2) is 0 Å². The van der Waals surface area contributed by atoms with Crippen LogP contribution in [0.4, 0.5) is 0 Å². The molecule has 116 valence electrons. The Kier molecular flexibility index (Phi) is 6.88. The zero-order valence-electron chi connectivity index (χ0n) is 12.9. The summed E-state index contributed by atoms with van der Waals surface area (Å²) in [4.78, 5) is 25.7. The van der Waals surface area contributed by atoms with Crippen molar-refractivity contribution in [1.29, 1.82) is 0 Å². The van der Waals surface area contributed by atoms with Gasteiger partial charge in [0.2, 0.25) is 0 Å². The van der Waals surface area contributed by atoms with E-state index in [0.29, 0.717) is 24.2 Å². The first kappa shape index (κ1) is 17.2. The molecule has 0 aromatic heterocycles. The number of carbonyl (C=O) groups excluding carboxylic acids is 2. The molecule has 5 heteroatoms. The normalized spacial score (nSPS) is 10.5. The summed E-state index contributed by atoms with van der Waals surface area (Å²) >= 11 is 0. The Hall–Kier alpha value is -1.88. The van der Waals surface area contributed by atoms with Crippen LogP contribution in [0.25, 0.3) is 0 Å². The van der Waals surface area contributed by atoms with Crippen molar-refractivity contribution in [3.8, 4) is 0 Å². The maximum Gasteiger partial charge on any atom is 0.253 e. The van der Waals surface area contributed by atoms with Crippen molar-refractivity contribution in [2.24, 2.45) is 0 Å². The number of nitrogens with zero attached hydrogens (tertiary/aromatic N) is 1. The molecule has 1 rings (SSSR count). The van der Waals surface area contributed by atoms with Gasteiger partial charge in [-0.1, -0.05) is 6.92 Å². The molecule has 0 saturated heterocycles. The lowest BCUT2D eigenvalue weighted by atomic mass is 10.1. The van der Waals surface area contributed by atoms with E-state index in [1.807, 2.05) is 20.8 Å². The Morgan fingerprint density at radius 1 is 1.14 bits per heavy atom. The Labute approximate surface area is 126 Å². The predicted octanol–water partition coefficient (Wildman–Crippen LogP) is 1.67. The second-order valence-corrected chi connectivity index (χ2v) is 5.22. The lowest BCUT2D eigenvalue weighted by molar-refractivity contribution is 0.0721. The summed E-state index contributed by atoms with van der Waals surface area (Å²) in [5, 5.41) is 11.8. The minimum Gasteiger partial charge on any atom is -0.395 e. The Morgan fingerprint density at radius 3 is 2.19 bits per heavy atom. The van der Waals surface area contributed by atoms with Crippen molar-refractivity contribution in [3.63, 3.8) is 0 Å². The van der Waals surface area contributed by atoms with E-state index in [-0.39, 0.29) is 24.5 Å². The monoisotopic (exact) mass is 292 g/mol. The molecule has 2 amide bonds. The number of carbonyl (C=O) groups is 2. The molecule has 0 saturated carbocycles. The summed E-state index contributed by atoms with van der Waals surface area (Å²) in [7, 11) is 0. The number of benzene rings is 1. The second kappa shape index (κ2) is 8.42. The third-order valence-corrected chi connectivity index (χ3v) is 2.96. The average Bonchev–Trinajstić information content (AvgIpc) is 2.46. The Morgan fingerprint density at radius 2 is 1.71 bits per heavy atom. The Balaban J connectivity index is 2.80. The molecule has 0 radical (unpaired) electrons. The molecule has 1 aromatic rings. The van der Waals surface area contributed by atoms with E-state index in [1.165, 1.54) is 0 Å². The first-order chi connectivity index (χ1) is 9.99. The van der Waals surface area contributed by atoms with Crippen molar-refractivity contribution >= 4 is 11.8 Å². The van der Waals surface area contributed by atoms with Gasteiger partial charge in [-0.3, -0.25) is 9.59 Å². The first-order valence-electron chi connectivity index (χ1n) is 7.30. The maximum absolute atomic E-state index is 12.3. The highest BCUT2D eigenvalue weighted by molar-refractivity contribution is 5.97. The lowest BCUT2D eigenvalue weighted by Gasteiger charge is -2.21. The van der Waals surface area contributed by atoms with Crippen LogP contribution in [0.2, 0.25) is 0 Å². The van der Waals surface area contributed by atoms with Crippen LogP contribution in [-0.4, -0.2) is 47.6 Å². The van der Waals surface area contributed by atoms with Gasteiger partial charge in [0.15, 0.2) is 0 Å². The number of nitrogens with one attached hydrogen (secondary N) is 1. The minimum absolute atomic E-state index is 0.0549. The van der Waals surface area contributed by atoms with Crippen LogP contribution in [0.1, 0.15) is 47.9 Å². The van der Waals surface area contributed by atoms with Crippen LogP contribution < -0.4 is 5.32 Å². The van der Waals surface area contributed by atoms with Gasteiger partial charge in [-0.2, -0.15) is 0 Å². The van der Waals surface area contributed by atoms with Gasteiger partial charge >= 0.3 is 0 Å². The molecule has 0 spiro atoms. The van der Waals surface area contributed by atoms with E-state index in [2.05, 4.69) is 5.32 Å². The van der Waals surface area contributed by atoms with E-state index in [0.717, 1.165) is 6.42 Å². The van der Waals surface area contributed by atoms with Crippen LogP contribution in [0.5, 0.6) is 0 Å². The van der Waals surface area contributed by atoms with Gasteiger partial charge in [-0.15, -0.1) is 0 Å². The highest BCUT2D eigenvalue weighted by atomic mass is 16.3. The van der Waals surface area contributed by atoms with E-state index in [9.17, 15) is 9.59 Å². The fraction of sp³-hybridized carbons (Fsp3) is 0.500. The van der Waals surface area contributed by atoms with Gasteiger partial charge in [0.1, 0.15) is 0 Å². The van der Waals surface area contributed by atoms with Gasteiger partial charge in [0, 0.05) is 30.3 Å². The largest absolute Gasteiger partial charge is 0.395 e. The van der Waals surface area contributed by atoms with E-state index in [4.69, 9.17) is 5.11 Å². The fourth-order valence-electron chi connectivity index (χ4n) is 2.00. The number of aliphatic hydroxyl groups is 1. The summed E-state index contributed by atoms with van der Waals surface area (Å²) in [5.41, 5.74) is 1.06. The third-order valence-electron chi connectivity index (χ3n) is 2.96. The highest BCUT2D eigenvalue weighted by Gasteiger charge is 2.15.